The van der Waals surface area contributed by atoms with Crippen LogP contribution in [0.15, 0.2) is 54.1 Å². The number of hydrogen-bond acceptors (Lipinski definition) is 6. The van der Waals surface area contributed by atoms with Gasteiger partial charge in [0.25, 0.3) is 11.8 Å². The number of carbonyl (C=O) groups is 5. The topological polar surface area (TPSA) is 132 Å². The lowest BCUT2D eigenvalue weighted by Gasteiger charge is -2.50. The molecule has 9 nitrogen and oxygen atoms in total. The van der Waals surface area contributed by atoms with Crippen LogP contribution in [0, 0.1) is 30.5 Å². The summed E-state index contributed by atoms with van der Waals surface area (Å²) in [7, 11) is 0. The molecular weight excluding hydrogens is 626 g/mol. The Morgan fingerprint density at radius 3 is 2.38 bits per heavy atom. The molecule has 12 heteroatoms. The number of para-hydroxylation sites is 1. The number of likely N-dealkylation sites (tertiary alicyclic amines) is 1. The van der Waals surface area contributed by atoms with Crippen molar-refractivity contribution in [3.63, 3.8) is 0 Å². The van der Waals surface area contributed by atoms with Crippen LogP contribution in [0.1, 0.15) is 55.6 Å². The predicted octanol–water partition coefficient (Wildman–Crippen LogP) is 5.05. The van der Waals surface area contributed by atoms with Crippen LogP contribution in [-0.2, 0) is 24.0 Å². The molecule has 2 heterocycles. The van der Waals surface area contributed by atoms with E-state index in [0.29, 0.717) is 30.4 Å². The standard InChI is InChI=1S/C33H31Cl2FN2O7/c1-17-6-5-7-22(27(17)41)26-20-13-14-21-25(29(43)37(28(21)42)15-4-2-3-8-24(39)40)23(20)16-32(34)30(44)38(31(45)33(26,32)35)19-11-9-18(36)10-12-19/h5-7,9-13,21,23,25-26,41H,2-4,8,14-16H2,1H3,(H,39,40). The fraction of sp³-hybridized carbons (Fsp3) is 0.424. The zero-order valence-electron chi connectivity index (χ0n) is 24.3. The molecule has 4 aliphatic rings. The first-order chi connectivity index (χ1) is 21.3. The third kappa shape index (κ3) is 4.59. The monoisotopic (exact) mass is 656 g/mol. The molecule has 0 spiro atoms. The van der Waals surface area contributed by atoms with E-state index in [0.717, 1.165) is 17.0 Å². The van der Waals surface area contributed by atoms with Gasteiger partial charge in [-0.1, -0.05) is 36.3 Å². The van der Waals surface area contributed by atoms with E-state index >= 15 is 0 Å². The van der Waals surface area contributed by atoms with E-state index in [1.54, 1.807) is 31.2 Å². The summed E-state index contributed by atoms with van der Waals surface area (Å²) in [5, 5.41) is 20.2. The molecule has 1 saturated carbocycles. The van der Waals surface area contributed by atoms with E-state index in [1.807, 2.05) is 0 Å². The highest BCUT2D eigenvalue weighted by atomic mass is 35.5. The lowest BCUT2D eigenvalue weighted by molar-refractivity contribution is -0.141. The van der Waals surface area contributed by atoms with Crippen LogP contribution in [0.2, 0.25) is 0 Å². The van der Waals surface area contributed by atoms with Gasteiger partial charge >= 0.3 is 5.97 Å². The SMILES string of the molecule is Cc1cccc(C2C3=CCC4C(=O)N(CCCCCC(=O)O)C(=O)C4C3CC3(Cl)C(=O)N(c4ccc(F)cc4)C(=O)C23Cl)c1O. The summed E-state index contributed by atoms with van der Waals surface area (Å²) in [6.45, 7) is 1.81. The fourth-order valence-corrected chi connectivity index (χ4v) is 8.59. The highest BCUT2D eigenvalue weighted by Crippen LogP contribution is 2.66. The average Bonchev–Trinajstić information content (AvgIpc) is 3.33. The van der Waals surface area contributed by atoms with Gasteiger partial charge in [-0.15, -0.1) is 23.2 Å². The number of aryl methyl sites for hydroxylation is 1. The molecule has 236 valence electrons. The van der Waals surface area contributed by atoms with Crippen molar-refractivity contribution in [1.82, 2.24) is 4.90 Å². The summed E-state index contributed by atoms with van der Waals surface area (Å²) < 4.78 is 13.8. The van der Waals surface area contributed by atoms with Gasteiger partial charge in [0.05, 0.1) is 17.5 Å². The number of amides is 4. The first-order valence-electron chi connectivity index (χ1n) is 14.9. The molecule has 2 aromatic carbocycles. The number of aliphatic carboxylic acids is 1. The number of carboxylic acids is 1. The number of allylic oxidation sites excluding steroid dienone is 2. The van der Waals surface area contributed by atoms with Crippen molar-refractivity contribution in [3.05, 3.63) is 71.1 Å². The van der Waals surface area contributed by atoms with Crippen molar-refractivity contribution < 1.29 is 38.6 Å². The van der Waals surface area contributed by atoms with Gasteiger partial charge in [-0.25, -0.2) is 9.29 Å². The normalized spacial score (nSPS) is 30.7. The molecule has 45 heavy (non-hydrogen) atoms. The van der Waals surface area contributed by atoms with Crippen LogP contribution in [0.4, 0.5) is 10.1 Å². The molecule has 6 unspecified atom stereocenters. The first kappa shape index (κ1) is 31.2. The van der Waals surface area contributed by atoms with E-state index in [4.69, 9.17) is 28.3 Å². The Morgan fingerprint density at radius 1 is 0.978 bits per heavy atom. The molecule has 6 rings (SSSR count). The summed E-state index contributed by atoms with van der Waals surface area (Å²) >= 11 is 14.6. The van der Waals surface area contributed by atoms with Crippen LogP contribution in [0.5, 0.6) is 5.75 Å². The van der Waals surface area contributed by atoms with E-state index in [9.17, 15) is 33.5 Å². The number of phenolic OH excluding ortho intramolecular Hbond substituents is 1. The van der Waals surface area contributed by atoms with Crippen molar-refractivity contribution >= 4 is 58.5 Å². The minimum Gasteiger partial charge on any atom is -0.507 e. The van der Waals surface area contributed by atoms with Crippen LogP contribution >= 0.6 is 23.2 Å². The Labute approximate surface area is 268 Å². The van der Waals surface area contributed by atoms with Gasteiger partial charge in [0.1, 0.15) is 11.6 Å². The number of hydrogen-bond donors (Lipinski definition) is 2. The number of nitrogens with zero attached hydrogens (tertiary/aromatic N) is 2. The Balaban J connectivity index is 1.43. The molecule has 4 amide bonds. The number of fused-ring (bicyclic) bond motifs is 4. The smallest absolute Gasteiger partial charge is 0.303 e. The number of rotatable bonds is 8. The average molecular weight is 658 g/mol. The summed E-state index contributed by atoms with van der Waals surface area (Å²) in [6, 6.07) is 9.74. The van der Waals surface area contributed by atoms with Gasteiger partial charge in [0.2, 0.25) is 11.8 Å². The first-order valence-corrected chi connectivity index (χ1v) is 15.7. The molecule has 6 atom stereocenters. The zero-order valence-corrected chi connectivity index (χ0v) is 25.9. The number of carboxylic acid groups (broad SMARTS) is 1. The van der Waals surface area contributed by atoms with Gasteiger partial charge in [-0.3, -0.25) is 28.9 Å². The number of halogens is 3. The number of unbranched alkanes of at least 4 members (excludes halogenated alkanes) is 2. The lowest BCUT2D eigenvalue weighted by Crippen LogP contribution is -2.60. The van der Waals surface area contributed by atoms with Crippen molar-refractivity contribution in [1.29, 1.82) is 0 Å². The molecule has 0 bridgehead atoms. The number of carbonyl (C=O) groups excluding carboxylic acids is 4. The molecule has 2 aliphatic heterocycles. The number of aromatic hydroxyl groups is 1. The van der Waals surface area contributed by atoms with Crippen molar-refractivity contribution in [2.45, 2.75) is 61.1 Å². The summed E-state index contributed by atoms with van der Waals surface area (Å²) in [5.74, 6) is -7.51. The zero-order chi connectivity index (χ0) is 32.4. The highest BCUT2D eigenvalue weighted by Gasteiger charge is 2.76. The second kappa shape index (κ2) is 11.2. The minimum absolute atomic E-state index is 0.00460. The molecule has 0 radical (unpaired) electrons. The maximum atomic E-state index is 14.3. The van der Waals surface area contributed by atoms with Crippen molar-refractivity contribution in [2.75, 3.05) is 11.4 Å². The maximum absolute atomic E-state index is 14.3. The van der Waals surface area contributed by atoms with Gasteiger partial charge in [0, 0.05) is 24.4 Å². The summed E-state index contributed by atoms with van der Waals surface area (Å²) in [5.41, 5.74) is 1.38. The molecular formula is C33H31Cl2FN2O7. The Morgan fingerprint density at radius 2 is 1.69 bits per heavy atom. The van der Waals surface area contributed by atoms with E-state index in [1.165, 1.54) is 17.0 Å². The van der Waals surface area contributed by atoms with Gasteiger partial charge < -0.3 is 10.2 Å². The predicted molar refractivity (Wildman–Crippen MR) is 162 cm³/mol. The molecule has 2 N–H and O–H groups in total. The van der Waals surface area contributed by atoms with Crippen molar-refractivity contribution in [2.24, 2.45) is 17.8 Å². The van der Waals surface area contributed by atoms with Crippen LogP contribution in [0.3, 0.4) is 0 Å². The van der Waals surface area contributed by atoms with E-state index in [2.05, 4.69) is 0 Å². The highest BCUT2D eigenvalue weighted by molar-refractivity contribution is 6.58. The molecule has 0 aromatic heterocycles. The maximum Gasteiger partial charge on any atom is 0.303 e. The quantitative estimate of drug-likeness (QED) is 0.176. The summed E-state index contributed by atoms with van der Waals surface area (Å²) in [6.07, 6.45) is 3.14. The molecule has 2 aliphatic carbocycles. The number of anilines is 1. The summed E-state index contributed by atoms with van der Waals surface area (Å²) in [4.78, 5) is 64.7. The third-order valence-electron chi connectivity index (χ3n) is 9.84. The second-order valence-corrected chi connectivity index (χ2v) is 13.5. The van der Waals surface area contributed by atoms with Crippen LogP contribution < -0.4 is 4.90 Å². The number of benzene rings is 2. The third-order valence-corrected chi connectivity index (χ3v) is 11.3. The Kier molecular flexibility index (Phi) is 7.80. The van der Waals surface area contributed by atoms with Crippen LogP contribution in [0.25, 0.3) is 0 Å². The van der Waals surface area contributed by atoms with Gasteiger partial charge in [0.15, 0.2) is 9.75 Å². The molecule has 3 fully saturated rings. The minimum atomic E-state index is -2.13. The lowest BCUT2D eigenvalue weighted by atomic mass is 9.56. The fourth-order valence-electron chi connectivity index (χ4n) is 7.67. The van der Waals surface area contributed by atoms with Gasteiger partial charge in [-0.05, 0) is 68.4 Å². The second-order valence-electron chi connectivity index (χ2n) is 12.3. The van der Waals surface area contributed by atoms with E-state index < -0.39 is 62.9 Å². The molecule has 2 saturated heterocycles. The van der Waals surface area contributed by atoms with E-state index in [-0.39, 0.29) is 48.7 Å². The Hall–Kier alpha value is -3.76. The number of phenols is 1. The largest absolute Gasteiger partial charge is 0.507 e. The Bertz CT molecular complexity index is 1660. The van der Waals surface area contributed by atoms with Gasteiger partial charge in [-0.2, -0.15) is 0 Å². The molecule has 2 aromatic rings. The van der Waals surface area contributed by atoms with Crippen LogP contribution in [-0.4, -0.2) is 61.0 Å². The number of alkyl halides is 2. The number of imide groups is 2. The van der Waals surface area contributed by atoms with Crippen molar-refractivity contribution in [3.8, 4) is 5.75 Å².